The van der Waals surface area contributed by atoms with Crippen molar-refractivity contribution < 1.29 is 5.11 Å². The van der Waals surface area contributed by atoms with Crippen molar-refractivity contribution in [3.8, 4) is 0 Å². The number of H-pyrrole nitrogens is 1. The Morgan fingerprint density at radius 1 is 1.53 bits per heavy atom. The highest BCUT2D eigenvalue weighted by Gasteiger charge is 2.40. The zero-order valence-corrected chi connectivity index (χ0v) is 12.1. The predicted octanol–water partition coefficient (Wildman–Crippen LogP) is 1.12. The molecule has 0 amide bonds. The van der Waals surface area contributed by atoms with Crippen molar-refractivity contribution in [3.05, 3.63) is 11.9 Å². The van der Waals surface area contributed by atoms with Gasteiger partial charge in [0.05, 0.1) is 6.20 Å². The van der Waals surface area contributed by atoms with Crippen molar-refractivity contribution in [1.29, 1.82) is 0 Å². The lowest BCUT2D eigenvalue weighted by Gasteiger charge is -2.30. The third-order valence-corrected chi connectivity index (χ3v) is 3.96. The van der Waals surface area contributed by atoms with Crippen LogP contribution in [0.15, 0.2) is 6.20 Å². The van der Waals surface area contributed by atoms with Gasteiger partial charge >= 0.3 is 0 Å². The van der Waals surface area contributed by atoms with Gasteiger partial charge in [-0.1, -0.05) is 6.42 Å². The van der Waals surface area contributed by atoms with Gasteiger partial charge in [-0.15, -0.1) is 24.0 Å². The second-order valence-corrected chi connectivity index (χ2v) is 5.17. The number of aliphatic hydroxyl groups is 1. The number of halogens is 1. The predicted molar refractivity (Wildman–Crippen MR) is 74.1 cm³/mol. The number of nitrogens with one attached hydrogen (secondary N) is 1. The second kappa shape index (κ2) is 5.19. The fraction of sp³-hybridized carbons (Fsp3) is 0.818. The molecule has 2 fully saturated rings. The minimum absolute atomic E-state index is 0. The van der Waals surface area contributed by atoms with E-state index < -0.39 is 5.60 Å². The zero-order chi connectivity index (χ0) is 11.0. The van der Waals surface area contributed by atoms with E-state index in [9.17, 15) is 5.11 Å². The quantitative estimate of drug-likeness (QED) is 0.802. The fourth-order valence-electron chi connectivity index (χ4n) is 2.70. The largest absolute Gasteiger partial charge is 0.382 e. The average Bonchev–Trinajstić information content (AvgIpc) is 2.81. The molecule has 0 aromatic carbocycles. The Hall–Kier alpha value is -0.210. The molecule has 96 valence electrons. The summed E-state index contributed by atoms with van der Waals surface area (Å²) < 4.78 is 0. The molecule has 5 nitrogen and oxygen atoms in total. The molecule has 0 spiro atoms. The van der Waals surface area contributed by atoms with E-state index in [0.717, 1.165) is 25.4 Å². The number of rotatable bonds is 3. The number of aromatic nitrogens is 3. The first-order valence-electron chi connectivity index (χ1n) is 6.07. The van der Waals surface area contributed by atoms with Gasteiger partial charge in [0.1, 0.15) is 11.3 Å². The molecule has 1 aromatic rings. The summed E-state index contributed by atoms with van der Waals surface area (Å²) in [6.07, 6.45) is 6.50. The summed E-state index contributed by atoms with van der Waals surface area (Å²) in [7, 11) is 0. The average molecular weight is 350 g/mol. The highest BCUT2D eigenvalue weighted by Crippen LogP contribution is 2.33. The molecule has 1 saturated carbocycles. The Bertz CT molecular complexity index is 354. The van der Waals surface area contributed by atoms with Gasteiger partial charge in [0.25, 0.3) is 0 Å². The van der Waals surface area contributed by atoms with Crippen LogP contribution in [-0.4, -0.2) is 45.1 Å². The van der Waals surface area contributed by atoms with E-state index in [1.54, 1.807) is 6.20 Å². The normalized spacial score (nSPS) is 29.9. The van der Waals surface area contributed by atoms with Gasteiger partial charge in [-0.05, 0) is 25.2 Å². The van der Waals surface area contributed by atoms with Gasteiger partial charge in [-0.25, -0.2) is 0 Å². The van der Waals surface area contributed by atoms with E-state index in [2.05, 4.69) is 20.3 Å². The third kappa shape index (κ3) is 2.63. The number of β-amino-alcohol motifs (C(OH)–C–C–N with tert-alkyl or cyclic N) is 1. The standard InChI is InChI=1S/C11H18N4O.HI/c16-11(10-6-12-14-13-10)4-5-15(8-11)7-9-2-1-3-9;/h6,9,16H,1-5,7-8H2,(H,12,13,14);1H. The van der Waals surface area contributed by atoms with Crippen LogP contribution >= 0.6 is 24.0 Å². The first-order valence-corrected chi connectivity index (χ1v) is 6.07. The van der Waals surface area contributed by atoms with Gasteiger partial charge in [0.15, 0.2) is 0 Å². The van der Waals surface area contributed by atoms with Gasteiger partial charge in [-0.2, -0.15) is 15.4 Å². The van der Waals surface area contributed by atoms with Crippen LogP contribution in [0, 0.1) is 5.92 Å². The molecule has 2 N–H and O–H groups in total. The number of nitrogens with zero attached hydrogens (tertiary/aromatic N) is 3. The highest BCUT2D eigenvalue weighted by atomic mass is 127. The van der Waals surface area contributed by atoms with Crippen molar-refractivity contribution in [2.45, 2.75) is 31.3 Å². The van der Waals surface area contributed by atoms with E-state index in [4.69, 9.17) is 0 Å². The van der Waals surface area contributed by atoms with Gasteiger partial charge in [-0.3, -0.25) is 4.90 Å². The number of likely N-dealkylation sites (tertiary alicyclic amines) is 1. The molecule has 1 aromatic heterocycles. The van der Waals surface area contributed by atoms with Crippen LogP contribution in [0.25, 0.3) is 0 Å². The number of hydrogen-bond acceptors (Lipinski definition) is 4. The molecule has 0 bridgehead atoms. The monoisotopic (exact) mass is 350 g/mol. The molecular weight excluding hydrogens is 331 g/mol. The first kappa shape index (κ1) is 13.2. The van der Waals surface area contributed by atoms with Crippen LogP contribution in [0.4, 0.5) is 0 Å². The van der Waals surface area contributed by atoms with Crippen molar-refractivity contribution in [1.82, 2.24) is 20.3 Å². The minimum Gasteiger partial charge on any atom is -0.382 e. The molecule has 17 heavy (non-hydrogen) atoms. The minimum atomic E-state index is -0.781. The van der Waals surface area contributed by atoms with E-state index in [1.807, 2.05) is 0 Å². The van der Waals surface area contributed by atoms with Crippen LogP contribution < -0.4 is 0 Å². The summed E-state index contributed by atoms with van der Waals surface area (Å²) in [5.74, 6) is 0.861. The van der Waals surface area contributed by atoms with Crippen molar-refractivity contribution in [2.24, 2.45) is 5.92 Å². The third-order valence-electron chi connectivity index (χ3n) is 3.96. The van der Waals surface area contributed by atoms with E-state index in [0.29, 0.717) is 12.2 Å². The molecule has 6 heteroatoms. The summed E-state index contributed by atoms with van der Waals surface area (Å²) in [5, 5.41) is 20.8. The van der Waals surface area contributed by atoms with Crippen LogP contribution in [0.3, 0.4) is 0 Å². The number of hydrogen-bond donors (Lipinski definition) is 2. The Morgan fingerprint density at radius 3 is 2.94 bits per heavy atom. The molecule has 3 rings (SSSR count). The van der Waals surface area contributed by atoms with Crippen LogP contribution in [0.2, 0.25) is 0 Å². The van der Waals surface area contributed by atoms with Crippen molar-refractivity contribution in [3.63, 3.8) is 0 Å². The SMILES string of the molecule is I.OC1(c2cn[nH]n2)CCN(CC2CCC2)C1. The molecule has 2 aliphatic rings. The van der Waals surface area contributed by atoms with E-state index in [1.165, 1.54) is 19.3 Å². The summed E-state index contributed by atoms with van der Waals surface area (Å²) in [5.41, 5.74) is -0.0971. The Kier molecular flexibility index (Phi) is 4.04. The molecule has 1 atom stereocenters. The summed E-state index contributed by atoms with van der Waals surface area (Å²) in [6.45, 7) is 2.82. The molecule has 0 radical (unpaired) electrons. The smallest absolute Gasteiger partial charge is 0.124 e. The van der Waals surface area contributed by atoms with E-state index in [-0.39, 0.29) is 24.0 Å². The molecule has 1 saturated heterocycles. The summed E-state index contributed by atoms with van der Waals surface area (Å²) in [6, 6.07) is 0. The van der Waals surface area contributed by atoms with E-state index >= 15 is 0 Å². The second-order valence-electron chi connectivity index (χ2n) is 5.17. The van der Waals surface area contributed by atoms with Gasteiger partial charge in [0, 0.05) is 19.6 Å². The fourth-order valence-corrected chi connectivity index (χ4v) is 2.70. The van der Waals surface area contributed by atoms with Crippen LogP contribution in [-0.2, 0) is 5.60 Å². The van der Waals surface area contributed by atoms with Crippen LogP contribution in [0.1, 0.15) is 31.4 Å². The van der Waals surface area contributed by atoms with Crippen molar-refractivity contribution in [2.75, 3.05) is 19.6 Å². The maximum absolute atomic E-state index is 10.5. The lowest BCUT2D eigenvalue weighted by atomic mass is 9.85. The lowest BCUT2D eigenvalue weighted by Crippen LogP contribution is -2.35. The summed E-state index contributed by atoms with van der Waals surface area (Å²) >= 11 is 0. The van der Waals surface area contributed by atoms with Gasteiger partial charge < -0.3 is 5.11 Å². The highest BCUT2D eigenvalue weighted by molar-refractivity contribution is 14.0. The molecule has 1 aliphatic heterocycles. The number of aromatic amines is 1. The molecule has 1 unspecified atom stereocenters. The lowest BCUT2D eigenvalue weighted by molar-refractivity contribution is 0.0381. The molecular formula is C11H19IN4O. The van der Waals surface area contributed by atoms with Gasteiger partial charge in [0.2, 0.25) is 0 Å². The van der Waals surface area contributed by atoms with Crippen LogP contribution in [0.5, 0.6) is 0 Å². The molecule has 2 heterocycles. The first-order chi connectivity index (χ1) is 7.76. The zero-order valence-electron chi connectivity index (χ0n) is 9.80. The maximum Gasteiger partial charge on any atom is 0.124 e. The topological polar surface area (TPSA) is 65.0 Å². The summed E-state index contributed by atoms with van der Waals surface area (Å²) in [4.78, 5) is 2.36. The Morgan fingerprint density at radius 2 is 2.35 bits per heavy atom. The Balaban J connectivity index is 0.00000108. The Labute approximate surface area is 118 Å². The van der Waals surface area contributed by atoms with Crippen molar-refractivity contribution >= 4 is 24.0 Å². The maximum atomic E-state index is 10.5. The molecule has 1 aliphatic carbocycles.